The van der Waals surface area contributed by atoms with Crippen LogP contribution in [-0.4, -0.2) is 60.5 Å². The highest BCUT2D eigenvalue weighted by Crippen LogP contribution is 2.28. The van der Waals surface area contributed by atoms with Crippen molar-refractivity contribution in [2.24, 2.45) is 11.7 Å². The van der Waals surface area contributed by atoms with E-state index in [1.54, 1.807) is 4.90 Å². The van der Waals surface area contributed by atoms with Crippen LogP contribution in [0.2, 0.25) is 0 Å². The Morgan fingerprint density at radius 2 is 1.65 bits per heavy atom. The lowest BCUT2D eigenvalue weighted by Gasteiger charge is -2.42. The summed E-state index contributed by atoms with van der Waals surface area (Å²) >= 11 is 0. The number of rotatable bonds is 10. The Bertz CT molecular complexity index is 870. The second kappa shape index (κ2) is 17.0. The molecule has 0 spiro atoms. The van der Waals surface area contributed by atoms with Crippen molar-refractivity contribution in [1.29, 1.82) is 5.41 Å². The predicted octanol–water partition coefficient (Wildman–Crippen LogP) is 2.69. The summed E-state index contributed by atoms with van der Waals surface area (Å²) < 4.78 is 5.07. The molecule has 0 unspecified atom stereocenters. The number of carbonyl (C=O) groups excluding carboxylic acids is 3. The summed E-state index contributed by atoms with van der Waals surface area (Å²) in [4.78, 5) is 38.6. The van der Waals surface area contributed by atoms with Crippen LogP contribution in [-0.2, 0) is 20.9 Å². The number of amides is 3. The van der Waals surface area contributed by atoms with Crippen molar-refractivity contribution in [3.8, 4) is 0 Å². The lowest BCUT2D eigenvalue weighted by atomic mass is 9.83. The van der Waals surface area contributed by atoms with Gasteiger partial charge < -0.3 is 26.0 Å². The smallest absolute Gasteiger partial charge is 0.414 e. The fourth-order valence-electron chi connectivity index (χ4n) is 4.51. The Hall–Kier alpha value is -2.56. The minimum absolute atomic E-state index is 0. The van der Waals surface area contributed by atoms with Gasteiger partial charge in [-0.05, 0) is 43.6 Å². The van der Waals surface area contributed by atoms with Crippen LogP contribution in [0.15, 0.2) is 30.3 Å². The molecule has 3 amide bonds. The first-order chi connectivity index (χ1) is 17.0. The molecule has 1 aromatic carbocycles. The van der Waals surface area contributed by atoms with Gasteiger partial charge in [-0.2, -0.15) is 0 Å². The summed E-state index contributed by atoms with van der Waals surface area (Å²) in [5.41, 5.74) is 7.10. The number of benzene rings is 1. The van der Waals surface area contributed by atoms with Crippen LogP contribution in [0.1, 0.15) is 56.9 Å². The molecule has 12 heteroatoms. The Labute approximate surface area is 231 Å². The lowest BCUT2D eigenvalue weighted by Crippen LogP contribution is -2.62. The summed E-state index contributed by atoms with van der Waals surface area (Å²) in [6.07, 6.45) is 6.81. The number of hydrogen-bond acceptors (Lipinski definition) is 6. The maximum atomic E-state index is 12.8. The Kier molecular flexibility index (Phi) is 15.0. The Morgan fingerprint density at radius 3 is 2.27 bits per heavy atom. The molecule has 1 aromatic rings. The molecule has 1 saturated carbocycles. The number of ether oxygens (including phenoxy) is 1. The van der Waals surface area contributed by atoms with E-state index in [4.69, 9.17) is 15.9 Å². The fraction of sp³-hybridized carbons (Fsp3) is 0.600. The first-order valence-electron chi connectivity index (χ1n) is 12.6. The number of guanidine groups is 1. The lowest BCUT2D eigenvalue weighted by molar-refractivity contribution is -0.149. The molecule has 2 fully saturated rings. The van der Waals surface area contributed by atoms with Crippen molar-refractivity contribution in [3.05, 3.63) is 35.9 Å². The second-order valence-corrected chi connectivity index (χ2v) is 9.25. The normalized spacial score (nSPS) is 17.6. The van der Waals surface area contributed by atoms with E-state index in [9.17, 15) is 14.4 Å². The van der Waals surface area contributed by atoms with Crippen LogP contribution in [0, 0.1) is 11.3 Å². The number of nitrogens with one attached hydrogen (secondary N) is 4. The van der Waals surface area contributed by atoms with Gasteiger partial charge in [0.1, 0.15) is 12.6 Å². The summed E-state index contributed by atoms with van der Waals surface area (Å²) in [6.45, 7) is 1.67. The summed E-state index contributed by atoms with van der Waals surface area (Å²) in [5.74, 6) is -0.137. The molecule has 0 bridgehead atoms. The number of hydrogen-bond donors (Lipinski definition) is 5. The molecule has 1 aliphatic carbocycles. The van der Waals surface area contributed by atoms with Crippen molar-refractivity contribution in [3.63, 3.8) is 0 Å². The molecule has 2 aliphatic rings. The summed E-state index contributed by atoms with van der Waals surface area (Å²) in [6, 6.07) is 8.37. The highest BCUT2D eigenvalue weighted by atomic mass is 35.5. The zero-order valence-electron chi connectivity index (χ0n) is 21.1. The SMILES string of the molecule is Cl.Cl.N=C(NCCCCNC(=O)[C@@H]1CCN1C(=O)[C@H](N)C1CCCCC1)NC(=O)OCc1ccccc1. The Balaban J connectivity index is 0.00000342. The minimum Gasteiger partial charge on any atom is -0.444 e. The van der Waals surface area contributed by atoms with E-state index in [1.807, 2.05) is 30.3 Å². The molecular weight excluding hydrogens is 519 g/mol. The van der Waals surface area contributed by atoms with E-state index in [0.717, 1.165) is 31.2 Å². The van der Waals surface area contributed by atoms with Gasteiger partial charge in [-0.3, -0.25) is 20.3 Å². The molecule has 208 valence electrons. The number of carbonyl (C=O) groups is 3. The molecule has 6 N–H and O–H groups in total. The zero-order chi connectivity index (χ0) is 25.0. The third-order valence-electron chi connectivity index (χ3n) is 6.69. The van der Waals surface area contributed by atoms with Gasteiger partial charge in [0.05, 0.1) is 6.04 Å². The van der Waals surface area contributed by atoms with Crippen LogP contribution in [0.3, 0.4) is 0 Å². The molecule has 0 aromatic heterocycles. The maximum absolute atomic E-state index is 12.8. The highest BCUT2D eigenvalue weighted by molar-refractivity contribution is 5.92. The van der Waals surface area contributed by atoms with E-state index < -0.39 is 18.2 Å². The van der Waals surface area contributed by atoms with Gasteiger partial charge in [-0.25, -0.2) is 4.79 Å². The van der Waals surface area contributed by atoms with Crippen LogP contribution in [0.5, 0.6) is 0 Å². The minimum atomic E-state index is -0.693. The zero-order valence-corrected chi connectivity index (χ0v) is 22.7. The first-order valence-corrected chi connectivity index (χ1v) is 12.6. The monoisotopic (exact) mass is 558 g/mol. The van der Waals surface area contributed by atoms with Gasteiger partial charge in [0.25, 0.3) is 0 Å². The molecule has 0 radical (unpaired) electrons. The topological polar surface area (TPSA) is 150 Å². The largest absolute Gasteiger partial charge is 0.444 e. The number of likely N-dealkylation sites (tertiary alicyclic amines) is 1. The number of nitrogens with two attached hydrogens (primary N) is 1. The molecular formula is C25H40Cl2N6O4. The van der Waals surface area contributed by atoms with Crippen molar-refractivity contribution < 1.29 is 19.1 Å². The number of alkyl carbamates (subject to hydrolysis) is 1. The van der Waals surface area contributed by atoms with E-state index >= 15 is 0 Å². The van der Waals surface area contributed by atoms with Gasteiger partial charge in [0, 0.05) is 19.6 Å². The van der Waals surface area contributed by atoms with Crippen LogP contribution in [0.4, 0.5) is 4.79 Å². The van der Waals surface area contributed by atoms with Crippen molar-refractivity contribution in [2.45, 2.75) is 70.1 Å². The Morgan fingerprint density at radius 1 is 1.00 bits per heavy atom. The predicted molar refractivity (Wildman–Crippen MR) is 147 cm³/mol. The number of unbranched alkanes of at least 4 members (excludes halogenated alkanes) is 1. The maximum Gasteiger partial charge on any atom is 0.414 e. The van der Waals surface area contributed by atoms with Gasteiger partial charge >= 0.3 is 6.09 Å². The number of nitrogens with zero attached hydrogens (tertiary/aromatic N) is 1. The van der Waals surface area contributed by atoms with Crippen molar-refractivity contribution in [2.75, 3.05) is 19.6 Å². The molecule has 3 rings (SSSR count). The molecule has 1 aliphatic heterocycles. The molecule has 37 heavy (non-hydrogen) atoms. The average Bonchev–Trinajstić information content (AvgIpc) is 2.84. The van der Waals surface area contributed by atoms with Gasteiger partial charge in [0.2, 0.25) is 11.8 Å². The van der Waals surface area contributed by atoms with Crippen molar-refractivity contribution >= 4 is 48.7 Å². The van der Waals surface area contributed by atoms with Crippen LogP contribution < -0.4 is 21.7 Å². The highest BCUT2D eigenvalue weighted by Gasteiger charge is 2.41. The molecule has 1 saturated heterocycles. The first kappa shape index (κ1) is 32.5. The molecule has 10 nitrogen and oxygen atoms in total. The summed E-state index contributed by atoms with van der Waals surface area (Å²) in [5, 5.41) is 15.8. The quantitative estimate of drug-likeness (QED) is 0.169. The average molecular weight is 560 g/mol. The van der Waals surface area contributed by atoms with Gasteiger partial charge in [-0.15, -0.1) is 24.8 Å². The summed E-state index contributed by atoms with van der Waals surface area (Å²) in [7, 11) is 0. The van der Waals surface area contributed by atoms with Gasteiger partial charge in [0.15, 0.2) is 5.96 Å². The van der Waals surface area contributed by atoms with E-state index in [2.05, 4.69) is 16.0 Å². The van der Waals surface area contributed by atoms with Crippen LogP contribution >= 0.6 is 24.8 Å². The standard InChI is InChI=1S/C25H38N6O4.2ClH/c26-21(19-11-5-2-6-12-19)23(33)31-16-13-20(31)22(32)28-14-7-8-15-29-24(27)30-25(34)35-17-18-9-3-1-4-10-18;;/h1,3-4,9-10,19-21H,2,5-8,11-17,26H2,(H,28,32)(H3,27,29,30,34);2*1H/t20-,21+;;/m0../s1. The van der Waals surface area contributed by atoms with E-state index in [1.165, 1.54) is 6.42 Å². The van der Waals surface area contributed by atoms with Gasteiger partial charge in [-0.1, -0.05) is 49.6 Å². The third-order valence-corrected chi connectivity index (χ3v) is 6.69. The number of halogens is 2. The molecule has 1 heterocycles. The molecule has 2 atom stereocenters. The second-order valence-electron chi connectivity index (χ2n) is 9.25. The van der Waals surface area contributed by atoms with E-state index in [-0.39, 0.29) is 55.1 Å². The third kappa shape index (κ3) is 10.4. The fourth-order valence-corrected chi connectivity index (χ4v) is 4.51. The van der Waals surface area contributed by atoms with Crippen LogP contribution in [0.25, 0.3) is 0 Å². The van der Waals surface area contributed by atoms with Crippen molar-refractivity contribution in [1.82, 2.24) is 20.9 Å². The van der Waals surface area contributed by atoms with E-state index in [0.29, 0.717) is 38.9 Å².